The average Bonchev–Trinajstić information content (AvgIpc) is 3.45. The summed E-state index contributed by atoms with van der Waals surface area (Å²) in [4.78, 5) is 58.2. The zero-order valence-corrected chi connectivity index (χ0v) is 22.6. The third kappa shape index (κ3) is 9.90. The minimum Gasteiger partial charge on any atom is -0.445 e. The Labute approximate surface area is 233 Å². The number of hydrogen-bond donors (Lipinski definition) is 5. The van der Waals surface area contributed by atoms with Gasteiger partial charge in [-0.25, -0.2) is 9.78 Å². The zero-order chi connectivity index (χ0) is 28.9. The Morgan fingerprint density at radius 3 is 2.00 bits per heavy atom. The molecule has 11 nitrogen and oxygen atoms in total. The van der Waals surface area contributed by atoms with E-state index >= 15 is 0 Å². The number of alkyl carbamates (subject to hydrolysis) is 1. The summed E-state index contributed by atoms with van der Waals surface area (Å²) in [7, 11) is 0. The number of amides is 4. The molecule has 6 N–H and O–H groups in total. The molecular weight excluding hydrogens is 512 g/mol. The molecule has 11 heteroatoms. The predicted octanol–water partition coefficient (Wildman–Crippen LogP) is 1.99. The highest BCUT2D eigenvalue weighted by Crippen LogP contribution is 2.10. The van der Waals surface area contributed by atoms with Crippen molar-refractivity contribution >= 4 is 23.8 Å². The van der Waals surface area contributed by atoms with Crippen LogP contribution in [0.4, 0.5) is 4.79 Å². The van der Waals surface area contributed by atoms with E-state index in [1.807, 2.05) is 74.5 Å². The van der Waals surface area contributed by atoms with Gasteiger partial charge in [-0.15, -0.1) is 0 Å². The van der Waals surface area contributed by atoms with Crippen LogP contribution in [0.25, 0.3) is 0 Å². The summed E-state index contributed by atoms with van der Waals surface area (Å²) in [5.41, 5.74) is 7.76. The maximum absolute atomic E-state index is 13.5. The fraction of sp³-hybridized carbons (Fsp3) is 0.345. The van der Waals surface area contributed by atoms with E-state index < -0.39 is 41.9 Å². The molecule has 0 saturated carbocycles. The van der Waals surface area contributed by atoms with Crippen LogP contribution in [0.2, 0.25) is 0 Å². The number of aromatic amines is 1. The van der Waals surface area contributed by atoms with Gasteiger partial charge in [0.2, 0.25) is 17.7 Å². The summed E-state index contributed by atoms with van der Waals surface area (Å²) < 4.78 is 5.32. The van der Waals surface area contributed by atoms with Gasteiger partial charge in [-0.2, -0.15) is 0 Å². The second kappa shape index (κ2) is 15.1. The van der Waals surface area contributed by atoms with Crippen molar-refractivity contribution in [1.82, 2.24) is 25.9 Å². The van der Waals surface area contributed by atoms with Crippen LogP contribution in [0.15, 0.2) is 73.2 Å². The van der Waals surface area contributed by atoms with Gasteiger partial charge >= 0.3 is 6.09 Å². The van der Waals surface area contributed by atoms with Crippen LogP contribution >= 0.6 is 0 Å². The standard InChI is InChI=1S/C29H36N6O5/c1-19(2)13-24(27(37)33-23(26(30)36)15-22-16-31-18-32-22)34-28(38)25(14-20-9-5-3-6-10-20)35-29(39)40-17-21-11-7-4-8-12-21/h3-12,16,18-19,23-25H,13-15,17H2,1-2H3,(H2,30,36)(H,31,32)(H,33,37)(H,34,38)(H,35,39)/t23-,24-,25-/m0/s1. The van der Waals surface area contributed by atoms with Crippen LogP contribution in [0, 0.1) is 5.92 Å². The Hall–Kier alpha value is -4.67. The fourth-order valence-electron chi connectivity index (χ4n) is 4.05. The number of imidazole rings is 1. The van der Waals surface area contributed by atoms with Gasteiger partial charge in [0.25, 0.3) is 0 Å². The molecule has 0 unspecified atom stereocenters. The number of aromatic nitrogens is 2. The van der Waals surface area contributed by atoms with E-state index in [0.717, 1.165) is 11.1 Å². The molecule has 0 radical (unpaired) electrons. The van der Waals surface area contributed by atoms with E-state index in [1.165, 1.54) is 12.5 Å². The average molecular weight is 549 g/mol. The summed E-state index contributed by atoms with van der Waals surface area (Å²) in [6.45, 7) is 3.85. The monoisotopic (exact) mass is 548 g/mol. The van der Waals surface area contributed by atoms with Gasteiger partial charge in [-0.3, -0.25) is 14.4 Å². The predicted molar refractivity (Wildman–Crippen MR) is 148 cm³/mol. The molecule has 3 atom stereocenters. The van der Waals surface area contributed by atoms with Gasteiger partial charge in [-0.1, -0.05) is 74.5 Å². The molecule has 40 heavy (non-hydrogen) atoms. The quantitative estimate of drug-likeness (QED) is 0.206. The first-order valence-corrected chi connectivity index (χ1v) is 13.1. The van der Waals surface area contributed by atoms with Crippen molar-refractivity contribution in [3.05, 3.63) is 90.0 Å². The van der Waals surface area contributed by atoms with Crippen molar-refractivity contribution < 1.29 is 23.9 Å². The van der Waals surface area contributed by atoms with Crippen LogP contribution in [0.5, 0.6) is 0 Å². The first kappa shape index (κ1) is 29.9. The molecule has 2 aromatic carbocycles. The minimum absolute atomic E-state index is 0.0343. The minimum atomic E-state index is -1.02. The molecule has 0 aliphatic heterocycles. The molecule has 3 aromatic rings. The second-order valence-corrected chi connectivity index (χ2v) is 9.88. The van der Waals surface area contributed by atoms with Gasteiger partial charge in [0.15, 0.2) is 0 Å². The summed E-state index contributed by atoms with van der Waals surface area (Å²) in [6.07, 6.45) is 2.82. The van der Waals surface area contributed by atoms with Crippen LogP contribution in [0.1, 0.15) is 37.1 Å². The van der Waals surface area contributed by atoms with Gasteiger partial charge in [0.1, 0.15) is 24.7 Å². The molecule has 1 heterocycles. The van der Waals surface area contributed by atoms with Crippen molar-refractivity contribution in [2.45, 2.75) is 57.8 Å². The summed E-state index contributed by atoms with van der Waals surface area (Å²) >= 11 is 0. The van der Waals surface area contributed by atoms with Gasteiger partial charge in [0, 0.05) is 24.7 Å². The second-order valence-electron chi connectivity index (χ2n) is 9.88. The molecule has 0 saturated heterocycles. The number of ether oxygens (including phenoxy) is 1. The van der Waals surface area contributed by atoms with E-state index in [9.17, 15) is 19.2 Å². The Balaban J connectivity index is 1.71. The highest BCUT2D eigenvalue weighted by Gasteiger charge is 2.30. The molecule has 1 aromatic heterocycles. The van der Waals surface area contributed by atoms with E-state index in [4.69, 9.17) is 10.5 Å². The molecule has 4 amide bonds. The molecule has 212 valence electrons. The molecule has 0 aliphatic carbocycles. The van der Waals surface area contributed by atoms with Gasteiger partial charge in [0.05, 0.1) is 6.33 Å². The normalized spacial score (nSPS) is 13.1. The number of hydrogen-bond acceptors (Lipinski definition) is 6. The maximum atomic E-state index is 13.5. The smallest absolute Gasteiger partial charge is 0.408 e. The van der Waals surface area contributed by atoms with E-state index in [1.54, 1.807) is 0 Å². The van der Waals surface area contributed by atoms with Crippen molar-refractivity contribution in [1.29, 1.82) is 0 Å². The fourth-order valence-corrected chi connectivity index (χ4v) is 4.05. The molecular formula is C29H36N6O5. The molecule has 3 rings (SSSR count). The maximum Gasteiger partial charge on any atom is 0.408 e. The Kier molecular flexibility index (Phi) is 11.2. The SMILES string of the molecule is CC(C)C[C@H](NC(=O)[C@H](Cc1ccccc1)NC(=O)OCc1ccccc1)C(=O)N[C@@H](Cc1cnc[nH]1)C(N)=O. The highest BCUT2D eigenvalue weighted by molar-refractivity contribution is 5.93. The topological polar surface area (TPSA) is 168 Å². The lowest BCUT2D eigenvalue weighted by molar-refractivity contribution is -0.132. The lowest BCUT2D eigenvalue weighted by atomic mass is 10.0. The molecule has 0 spiro atoms. The van der Waals surface area contributed by atoms with Crippen LogP contribution in [0.3, 0.4) is 0 Å². The largest absolute Gasteiger partial charge is 0.445 e. The first-order chi connectivity index (χ1) is 19.2. The third-order valence-electron chi connectivity index (χ3n) is 6.08. The first-order valence-electron chi connectivity index (χ1n) is 13.1. The lowest BCUT2D eigenvalue weighted by Gasteiger charge is -2.25. The number of carbonyl (C=O) groups is 4. The van der Waals surface area contributed by atoms with E-state index in [2.05, 4.69) is 25.9 Å². The Morgan fingerprint density at radius 1 is 0.825 bits per heavy atom. The number of nitrogens with zero attached hydrogens (tertiary/aromatic N) is 1. The lowest BCUT2D eigenvalue weighted by Crippen LogP contribution is -2.57. The van der Waals surface area contributed by atoms with Gasteiger partial charge < -0.3 is 31.4 Å². The number of benzene rings is 2. The molecule has 0 bridgehead atoms. The zero-order valence-electron chi connectivity index (χ0n) is 22.6. The third-order valence-corrected chi connectivity index (χ3v) is 6.08. The Morgan fingerprint density at radius 2 is 1.43 bits per heavy atom. The Bertz CT molecular complexity index is 1230. The van der Waals surface area contributed by atoms with Crippen molar-refractivity contribution in [2.75, 3.05) is 0 Å². The number of rotatable bonds is 14. The van der Waals surface area contributed by atoms with E-state index in [-0.39, 0.29) is 25.4 Å². The molecule has 0 fully saturated rings. The van der Waals surface area contributed by atoms with Crippen LogP contribution < -0.4 is 21.7 Å². The van der Waals surface area contributed by atoms with Crippen LogP contribution in [-0.4, -0.2) is 51.9 Å². The van der Waals surface area contributed by atoms with Crippen molar-refractivity contribution in [3.63, 3.8) is 0 Å². The summed E-state index contributed by atoms with van der Waals surface area (Å²) in [6, 6.07) is 15.3. The number of nitrogens with two attached hydrogens (primary N) is 1. The number of primary amides is 1. The number of nitrogens with one attached hydrogen (secondary N) is 4. The summed E-state index contributed by atoms with van der Waals surface area (Å²) in [5.74, 6) is -1.81. The molecule has 0 aliphatic rings. The van der Waals surface area contributed by atoms with Crippen LogP contribution in [-0.2, 0) is 38.6 Å². The van der Waals surface area contributed by atoms with Gasteiger partial charge in [-0.05, 0) is 23.5 Å². The highest BCUT2D eigenvalue weighted by atomic mass is 16.5. The van der Waals surface area contributed by atoms with E-state index in [0.29, 0.717) is 12.1 Å². The number of carbonyl (C=O) groups excluding carboxylic acids is 4. The van der Waals surface area contributed by atoms with Crippen molar-refractivity contribution in [2.24, 2.45) is 11.7 Å². The summed E-state index contributed by atoms with van der Waals surface area (Å²) in [5, 5.41) is 8.03. The van der Waals surface area contributed by atoms with Crippen molar-refractivity contribution in [3.8, 4) is 0 Å². The number of H-pyrrole nitrogens is 1.